The average Bonchev–Trinajstić information content (AvgIpc) is 2.84. The van der Waals surface area contributed by atoms with Crippen LogP contribution in [-0.4, -0.2) is 9.55 Å². The van der Waals surface area contributed by atoms with E-state index in [1.165, 1.54) is 10.6 Å². The molecule has 2 heterocycles. The van der Waals surface area contributed by atoms with Crippen molar-refractivity contribution in [2.45, 2.75) is 6.54 Å². The third-order valence-electron chi connectivity index (χ3n) is 3.02. The zero-order chi connectivity index (χ0) is 15.0. The Morgan fingerprint density at radius 1 is 1.43 bits per heavy atom. The second-order valence-electron chi connectivity index (χ2n) is 4.31. The van der Waals surface area contributed by atoms with Crippen LogP contribution >= 0.6 is 22.9 Å². The van der Waals surface area contributed by atoms with Crippen molar-refractivity contribution < 1.29 is 4.39 Å². The minimum absolute atomic E-state index is 0.0296. The number of benzene rings is 1. The lowest BCUT2D eigenvalue weighted by atomic mass is 10.1. The molecule has 0 aliphatic rings. The molecule has 2 aromatic heterocycles. The first-order chi connectivity index (χ1) is 10.1. The van der Waals surface area contributed by atoms with Crippen LogP contribution in [0.1, 0.15) is 11.1 Å². The molecule has 0 saturated carbocycles. The van der Waals surface area contributed by atoms with Gasteiger partial charge in [-0.3, -0.25) is 9.36 Å². The number of thiophene rings is 1. The smallest absolute Gasteiger partial charge is 0.272 e. The lowest BCUT2D eigenvalue weighted by Crippen LogP contribution is -2.22. The maximum absolute atomic E-state index is 13.3. The van der Waals surface area contributed by atoms with Crippen LogP contribution in [0, 0.1) is 16.5 Å². The fourth-order valence-electron chi connectivity index (χ4n) is 2.03. The molecule has 0 aliphatic carbocycles. The summed E-state index contributed by atoms with van der Waals surface area (Å²) < 4.78 is 14.7. The number of hydrogen-bond donors (Lipinski definition) is 0. The normalized spacial score (nSPS) is 10.7. The highest BCUT2D eigenvalue weighted by Gasteiger charge is 2.14. The number of halogens is 2. The van der Waals surface area contributed by atoms with E-state index in [1.807, 2.05) is 0 Å². The van der Waals surface area contributed by atoms with Gasteiger partial charge >= 0.3 is 0 Å². The molecule has 0 spiro atoms. The Morgan fingerprint density at radius 3 is 2.95 bits per heavy atom. The fraction of sp³-hybridized carbons (Fsp3) is 0.0714. The standard InChI is InChI=1S/C14H7ClFN3OS/c15-14-18-10-5-11(16)21-12(10)13(20)19(14)7-9-4-2-1-3-8(9)6-17/h1-5H,7H2. The van der Waals surface area contributed by atoms with Gasteiger partial charge in [0.15, 0.2) is 5.13 Å². The summed E-state index contributed by atoms with van der Waals surface area (Å²) in [7, 11) is 0. The van der Waals surface area contributed by atoms with Gasteiger partial charge in [-0.1, -0.05) is 29.5 Å². The van der Waals surface area contributed by atoms with Crippen molar-refractivity contribution >= 4 is 33.2 Å². The molecule has 3 rings (SSSR count). The number of nitriles is 1. The second kappa shape index (κ2) is 5.28. The summed E-state index contributed by atoms with van der Waals surface area (Å²) in [6.07, 6.45) is 0. The molecule has 104 valence electrons. The van der Waals surface area contributed by atoms with E-state index in [2.05, 4.69) is 11.1 Å². The molecule has 0 amide bonds. The van der Waals surface area contributed by atoms with Crippen LogP contribution in [0.15, 0.2) is 35.1 Å². The zero-order valence-electron chi connectivity index (χ0n) is 10.5. The maximum Gasteiger partial charge on any atom is 0.272 e. The first-order valence-corrected chi connectivity index (χ1v) is 7.13. The lowest BCUT2D eigenvalue weighted by Gasteiger charge is -2.09. The van der Waals surface area contributed by atoms with E-state index in [0.29, 0.717) is 11.1 Å². The topological polar surface area (TPSA) is 58.7 Å². The molecule has 7 heteroatoms. The molecule has 0 unspecified atom stereocenters. The van der Waals surface area contributed by atoms with Crippen LogP contribution in [-0.2, 0) is 6.54 Å². The van der Waals surface area contributed by atoms with Gasteiger partial charge < -0.3 is 0 Å². The highest BCUT2D eigenvalue weighted by molar-refractivity contribution is 7.17. The van der Waals surface area contributed by atoms with E-state index >= 15 is 0 Å². The molecule has 0 aliphatic heterocycles. The van der Waals surface area contributed by atoms with Gasteiger partial charge in [0.05, 0.1) is 23.7 Å². The van der Waals surface area contributed by atoms with Crippen molar-refractivity contribution in [3.05, 3.63) is 62.2 Å². The lowest BCUT2D eigenvalue weighted by molar-refractivity contribution is 0.658. The Hall–Kier alpha value is -2.23. The molecular weight excluding hydrogens is 313 g/mol. The Bertz CT molecular complexity index is 942. The van der Waals surface area contributed by atoms with E-state index in [-0.39, 0.29) is 22.0 Å². The minimum atomic E-state index is -0.485. The second-order valence-corrected chi connectivity index (χ2v) is 5.65. The van der Waals surface area contributed by atoms with Crippen LogP contribution in [0.5, 0.6) is 0 Å². The van der Waals surface area contributed by atoms with Crippen LogP contribution in [0.2, 0.25) is 5.28 Å². The summed E-state index contributed by atoms with van der Waals surface area (Å²) in [5, 5.41) is 8.56. The van der Waals surface area contributed by atoms with Gasteiger partial charge in [0.1, 0.15) is 4.70 Å². The van der Waals surface area contributed by atoms with Gasteiger partial charge in [-0.15, -0.1) is 0 Å². The van der Waals surface area contributed by atoms with E-state index in [4.69, 9.17) is 16.9 Å². The zero-order valence-corrected chi connectivity index (χ0v) is 12.1. The van der Waals surface area contributed by atoms with Crippen molar-refractivity contribution in [3.8, 4) is 6.07 Å². The molecule has 0 atom stereocenters. The van der Waals surface area contributed by atoms with E-state index < -0.39 is 10.7 Å². The number of aromatic nitrogens is 2. The number of fused-ring (bicyclic) bond motifs is 1. The largest absolute Gasteiger partial charge is 0.278 e. The monoisotopic (exact) mass is 319 g/mol. The van der Waals surface area contributed by atoms with Gasteiger partial charge in [-0.2, -0.15) is 9.65 Å². The highest BCUT2D eigenvalue weighted by atomic mass is 35.5. The Labute approximate surface area is 127 Å². The van der Waals surface area contributed by atoms with Gasteiger partial charge in [0.25, 0.3) is 5.56 Å². The van der Waals surface area contributed by atoms with Crippen molar-refractivity contribution in [1.82, 2.24) is 9.55 Å². The predicted molar refractivity (Wildman–Crippen MR) is 79.1 cm³/mol. The van der Waals surface area contributed by atoms with Crippen LogP contribution < -0.4 is 5.56 Å². The molecule has 0 bridgehead atoms. The Balaban J connectivity index is 2.17. The van der Waals surface area contributed by atoms with Crippen LogP contribution in [0.3, 0.4) is 0 Å². The van der Waals surface area contributed by atoms with E-state index in [9.17, 15) is 9.18 Å². The predicted octanol–water partition coefficient (Wildman–Crippen LogP) is 3.17. The van der Waals surface area contributed by atoms with Crippen molar-refractivity contribution in [2.24, 2.45) is 0 Å². The molecule has 21 heavy (non-hydrogen) atoms. The summed E-state index contributed by atoms with van der Waals surface area (Å²) >= 11 is 6.75. The molecule has 0 radical (unpaired) electrons. The highest BCUT2D eigenvalue weighted by Crippen LogP contribution is 2.21. The first kappa shape index (κ1) is 13.7. The molecule has 3 aromatic rings. The van der Waals surface area contributed by atoms with Gasteiger partial charge in [-0.05, 0) is 23.2 Å². The quantitative estimate of drug-likeness (QED) is 0.682. The van der Waals surface area contributed by atoms with Gasteiger partial charge in [0.2, 0.25) is 5.28 Å². The third kappa shape index (κ3) is 2.42. The molecule has 4 nitrogen and oxygen atoms in total. The molecular formula is C14H7ClFN3OS. The minimum Gasteiger partial charge on any atom is -0.278 e. The summed E-state index contributed by atoms with van der Waals surface area (Å²) in [4.78, 5) is 16.4. The molecule has 0 saturated heterocycles. The third-order valence-corrected chi connectivity index (χ3v) is 4.21. The van der Waals surface area contributed by atoms with Gasteiger partial charge in [-0.25, -0.2) is 4.98 Å². The first-order valence-electron chi connectivity index (χ1n) is 5.93. The summed E-state index contributed by atoms with van der Waals surface area (Å²) in [5.41, 5.74) is 0.948. The van der Waals surface area contributed by atoms with E-state index in [1.54, 1.807) is 24.3 Å². The fourth-order valence-corrected chi connectivity index (χ4v) is 3.03. The number of nitrogens with zero attached hydrogens (tertiary/aromatic N) is 3. The van der Waals surface area contributed by atoms with Crippen LogP contribution in [0.4, 0.5) is 4.39 Å². The van der Waals surface area contributed by atoms with Crippen LogP contribution in [0.25, 0.3) is 10.2 Å². The molecule has 1 aromatic carbocycles. The maximum atomic E-state index is 13.3. The Morgan fingerprint density at radius 2 is 2.19 bits per heavy atom. The summed E-state index contributed by atoms with van der Waals surface area (Å²) in [5.74, 6) is 0. The Kier molecular flexibility index (Phi) is 3.45. The van der Waals surface area contributed by atoms with E-state index in [0.717, 1.165) is 11.3 Å². The molecule has 0 fully saturated rings. The number of rotatable bonds is 2. The van der Waals surface area contributed by atoms with Crippen molar-refractivity contribution in [2.75, 3.05) is 0 Å². The molecule has 0 N–H and O–H groups in total. The number of hydrogen-bond acceptors (Lipinski definition) is 4. The van der Waals surface area contributed by atoms with Gasteiger partial charge in [0, 0.05) is 6.07 Å². The van der Waals surface area contributed by atoms with Crippen molar-refractivity contribution in [1.29, 1.82) is 5.26 Å². The summed E-state index contributed by atoms with van der Waals surface area (Å²) in [6.45, 7) is 0.115. The SMILES string of the molecule is N#Cc1ccccc1Cn1c(Cl)nc2cc(F)sc2c1=O. The average molecular weight is 320 g/mol. The summed E-state index contributed by atoms with van der Waals surface area (Å²) in [6, 6.07) is 10.1. The van der Waals surface area contributed by atoms with Crippen molar-refractivity contribution in [3.63, 3.8) is 0 Å².